The lowest BCUT2D eigenvalue weighted by Crippen LogP contribution is -2.42. The van der Waals surface area contributed by atoms with Crippen LogP contribution in [0.5, 0.6) is 0 Å². The Morgan fingerprint density at radius 3 is 2.90 bits per heavy atom. The van der Waals surface area contributed by atoms with Gasteiger partial charge in [-0.15, -0.1) is 11.8 Å². The molecular weight excluding hydrogens is 270 g/mol. The largest absolute Gasteiger partial charge is 0.350 e. The average Bonchev–Trinajstić information content (AvgIpc) is 3.02. The molecule has 0 aromatic carbocycles. The molecule has 1 fully saturated rings. The van der Waals surface area contributed by atoms with Crippen molar-refractivity contribution in [1.29, 1.82) is 0 Å². The molecule has 0 saturated carbocycles. The molecule has 1 aliphatic rings. The molecule has 4 nitrogen and oxygen atoms in total. The van der Waals surface area contributed by atoms with Crippen LogP contribution in [-0.2, 0) is 0 Å². The van der Waals surface area contributed by atoms with E-state index in [1.807, 2.05) is 18.4 Å². The number of carbonyl (C=O) groups is 1. The summed E-state index contributed by atoms with van der Waals surface area (Å²) in [5, 5.41) is 3.86. The zero-order valence-corrected chi connectivity index (χ0v) is 13.1. The van der Waals surface area contributed by atoms with Crippen LogP contribution < -0.4 is 5.32 Å². The van der Waals surface area contributed by atoms with Crippen LogP contribution in [-0.4, -0.2) is 47.7 Å². The summed E-state index contributed by atoms with van der Waals surface area (Å²) in [4.78, 5) is 19.0. The van der Waals surface area contributed by atoms with Gasteiger partial charge in [-0.2, -0.15) is 0 Å². The third kappa shape index (κ3) is 3.73. The van der Waals surface area contributed by atoms with Gasteiger partial charge in [-0.3, -0.25) is 9.69 Å². The summed E-state index contributed by atoms with van der Waals surface area (Å²) >= 11 is 1.51. The predicted octanol–water partition coefficient (Wildman–Crippen LogP) is 2.41. The van der Waals surface area contributed by atoms with Gasteiger partial charge in [0.2, 0.25) is 0 Å². The smallest absolute Gasteiger partial charge is 0.254 e. The highest BCUT2D eigenvalue weighted by Gasteiger charge is 2.21. The van der Waals surface area contributed by atoms with Gasteiger partial charge in [0.05, 0.1) is 5.56 Å². The highest BCUT2D eigenvalue weighted by Crippen LogP contribution is 2.17. The summed E-state index contributed by atoms with van der Waals surface area (Å²) in [6.07, 6.45) is 7.30. The molecule has 1 aliphatic heterocycles. The highest BCUT2D eigenvalue weighted by atomic mass is 32.2. The maximum absolute atomic E-state index is 12.3. The van der Waals surface area contributed by atoms with E-state index in [-0.39, 0.29) is 5.91 Å². The fourth-order valence-electron chi connectivity index (χ4n) is 2.67. The van der Waals surface area contributed by atoms with Gasteiger partial charge in [-0.05, 0) is 50.7 Å². The molecule has 1 saturated heterocycles. The van der Waals surface area contributed by atoms with E-state index in [1.54, 1.807) is 6.20 Å². The lowest BCUT2D eigenvalue weighted by molar-refractivity contribution is 0.0933. The van der Waals surface area contributed by atoms with Crippen LogP contribution in [0, 0.1) is 0 Å². The second-order valence-corrected chi connectivity index (χ2v) is 5.87. The zero-order valence-electron chi connectivity index (χ0n) is 12.3. The predicted molar refractivity (Wildman–Crippen MR) is 83.2 cm³/mol. The van der Waals surface area contributed by atoms with Crippen molar-refractivity contribution in [1.82, 2.24) is 15.2 Å². The third-order valence-corrected chi connectivity index (χ3v) is 4.55. The van der Waals surface area contributed by atoms with Crippen molar-refractivity contribution in [2.24, 2.45) is 0 Å². The molecule has 1 atom stereocenters. The maximum atomic E-state index is 12.3. The molecular formula is C15H23N3OS. The minimum atomic E-state index is -0.0138. The fraction of sp³-hybridized carbons (Fsp3) is 0.600. The second-order valence-electron chi connectivity index (χ2n) is 5.08. The van der Waals surface area contributed by atoms with E-state index in [0.717, 1.165) is 31.1 Å². The molecule has 1 amide bonds. The molecule has 2 heterocycles. The average molecular weight is 293 g/mol. The molecule has 0 bridgehead atoms. The Balaban J connectivity index is 1.93. The molecule has 1 N–H and O–H groups in total. The van der Waals surface area contributed by atoms with Crippen molar-refractivity contribution in [2.75, 3.05) is 25.9 Å². The van der Waals surface area contributed by atoms with Crippen molar-refractivity contribution in [3.05, 3.63) is 23.9 Å². The van der Waals surface area contributed by atoms with Gasteiger partial charge in [0, 0.05) is 18.8 Å². The normalized spacial score (nSPS) is 17.1. The van der Waals surface area contributed by atoms with Gasteiger partial charge in [0.1, 0.15) is 5.03 Å². The van der Waals surface area contributed by atoms with E-state index in [1.165, 1.54) is 24.6 Å². The summed E-state index contributed by atoms with van der Waals surface area (Å²) in [5.41, 5.74) is 0.677. The molecule has 110 valence electrons. The molecule has 1 aromatic rings. The summed E-state index contributed by atoms with van der Waals surface area (Å²) in [6.45, 7) is 5.24. The van der Waals surface area contributed by atoms with Gasteiger partial charge in [0.25, 0.3) is 5.91 Å². The number of rotatable bonds is 6. The topological polar surface area (TPSA) is 45.2 Å². The first-order valence-electron chi connectivity index (χ1n) is 7.27. The Labute approximate surface area is 125 Å². The summed E-state index contributed by atoms with van der Waals surface area (Å²) < 4.78 is 0. The van der Waals surface area contributed by atoms with E-state index < -0.39 is 0 Å². The molecule has 5 heteroatoms. The molecule has 0 unspecified atom stereocenters. The number of hydrogen-bond acceptors (Lipinski definition) is 4. The van der Waals surface area contributed by atoms with Gasteiger partial charge in [0.15, 0.2) is 0 Å². The van der Waals surface area contributed by atoms with Crippen LogP contribution in [0.4, 0.5) is 0 Å². The van der Waals surface area contributed by atoms with Crippen molar-refractivity contribution in [3.8, 4) is 0 Å². The van der Waals surface area contributed by atoms with Gasteiger partial charge >= 0.3 is 0 Å². The third-order valence-electron chi connectivity index (χ3n) is 3.84. The minimum absolute atomic E-state index is 0.0138. The van der Waals surface area contributed by atoms with E-state index in [2.05, 4.69) is 22.1 Å². The Morgan fingerprint density at radius 1 is 1.50 bits per heavy atom. The first kappa shape index (κ1) is 15.3. The van der Waals surface area contributed by atoms with Crippen LogP contribution in [0.2, 0.25) is 0 Å². The summed E-state index contributed by atoms with van der Waals surface area (Å²) in [5.74, 6) is -0.0138. The standard InChI is InChI=1S/C15H23N3OS/c1-3-12(18-9-4-5-10-18)11-17-14(19)13-7-6-8-16-15(13)20-2/h6-8,12H,3-5,9-11H2,1-2H3,(H,17,19)/t12-/m1/s1. The lowest BCUT2D eigenvalue weighted by atomic mass is 10.2. The quantitative estimate of drug-likeness (QED) is 0.818. The Bertz CT molecular complexity index is 446. The van der Waals surface area contributed by atoms with Crippen LogP contribution in [0.25, 0.3) is 0 Å². The number of nitrogens with one attached hydrogen (secondary N) is 1. The van der Waals surface area contributed by atoms with Crippen LogP contribution in [0.15, 0.2) is 23.4 Å². The summed E-state index contributed by atoms with van der Waals surface area (Å²) in [6, 6.07) is 4.10. The zero-order chi connectivity index (χ0) is 14.4. The maximum Gasteiger partial charge on any atom is 0.254 e. The number of carbonyl (C=O) groups excluding carboxylic acids is 1. The first-order chi connectivity index (χ1) is 9.76. The number of aromatic nitrogens is 1. The first-order valence-corrected chi connectivity index (χ1v) is 8.50. The number of hydrogen-bond donors (Lipinski definition) is 1. The number of pyridine rings is 1. The van der Waals surface area contributed by atoms with Crippen LogP contribution in [0.3, 0.4) is 0 Å². The molecule has 1 aromatic heterocycles. The molecule has 0 radical (unpaired) electrons. The van der Waals surface area contributed by atoms with Crippen molar-refractivity contribution < 1.29 is 4.79 Å². The van der Waals surface area contributed by atoms with E-state index >= 15 is 0 Å². The van der Waals surface area contributed by atoms with Crippen LogP contribution >= 0.6 is 11.8 Å². The van der Waals surface area contributed by atoms with E-state index in [4.69, 9.17) is 0 Å². The van der Waals surface area contributed by atoms with Crippen molar-refractivity contribution in [2.45, 2.75) is 37.3 Å². The second kappa shape index (κ2) is 7.64. The van der Waals surface area contributed by atoms with E-state index in [0.29, 0.717) is 11.6 Å². The van der Waals surface area contributed by atoms with Gasteiger partial charge in [-0.25, -0.2) is 4.98 Å². The number of likely N-dealkylation sites (tertiary alicyclic amines) is 1. The van der Waals surface area contributed by atoms with E-state index in [9.17, 15) is 4.79 Å². The van der Waals surface area contributed by atoms with Crippen LogP contribution in [0.1, 0.15) is 36.5 Å². The van der Waals surface area contributed by atoms with Gasteiger partial charge in [-0.1, -0.05) is 6.92 Å². The monoisotopic (exact) mass is 293 g/mol. The fourth-order valence-corrected chi connectivity index (χ4v) is 3.22. The highest BCUT2D eigenvalue weighted by molar-refractivity contribution is 7.98. The molecule has 0 aliphatic carbocycles. The Hall–Kier alpha value is -1.07. The molecule has 2 rings (SSSR count). The molecule has 0 spiro atoms. The van der Waals surface area contributed by atoms with Gasteiger partial charge < -0.3 is 5.32 Å². The number of thioether (sulfide) groups is 1. The van der Waals surface area contributed by atoms with Crippen molar-refractivity contribution >= 4 is 17.7 Å². The number of nitrogens with zero attached hydrogens (tertiary/aromatic N) is 2. The Morgan fingerprint density at radius 2 is 2.25 bits per heavy atom. The number of amides is 1. The SMILES string of the molecule is CC[C@H](CNC(=O)c1cccnc1SC)N1CCCC1. The summed E-state index contributed by atoms with van der Waals surface area (Å²) in [7, 11) is 0. The minimum Gasteiger partial charge on any atom is -0.350 e. The Kier molecular flexibility index (Phi) is 5.86. The molecule has 20 heavy (non-hydrogen) atoms. The lowest BCUT2D eigenvalue weighted by Gasteiger charge is -2.26. The van der Waals surface area contributed by atoms with Crippen molar-refractivity contribution in [3.63, 3.8) is 0 Å².